The van der Waals surface area contributed by atoms with Crippen molar-refractivity contribution >= 4 is 26.3 Å². The first-order valence-electron chi connectivity index (χ1n) is 8.69. The van der Waals surface area contributed by atoms with Gasteiger partial charge in [0.15, 0.2) is 5.82 Å². The van der Waals surface area contributed by atoms with Crippen LogP contribution in [0.4, 0.5) is 8.78 Å². The molecular formula is C19H16F2N4O2S2. The number of hydrogen-bond donors (Lipinski definition) is 1. The van der Waals surface area contributed by atoms with E-state index in [1.54, 1.807) is 29.6 Å². The molecule has 0 aliphatic heterocycles. The highest BCUT2D eigenvalue weighted by Crippen LogP contribution is 2.23. The Hall–Kier alpha value is -2.69. The third kappa shape index (κ3) is 3.91. The van der Waals surface area contributed by atoms with Gasteiger partial charge in [-0.25, -0.2) is 26.4 Å². The van der Waals surface area contributed by atoms with Gasteiger partial charge < -0.3 is 0 Å². The van der Waals surface area contributed by atoms with Crippen molar-refractivity contribution in [3.8, 4) is 11.4 Å². The number of thiazole rings is 1. The maximum Gasteiger partial charge on any atom is 0.240 e. The third-order valence-electron chi connectivity index (χ3n) is 4.36. The first-order valence-corrected chi connectivity index (χ1v) is 11.1. The van der Waals surface area contributed by atoms with Crippen LogP contribution in [0.5, 0.6) is 0 Å². The Balaban J connectivity index is 1.51. The molecule has 29 heavy (non-hydrogen) atoms. The van der Waals surface area contributed by atoms with Gasteiger partial charge in [0.25, 0.3) is 0 Å². The minimum Gasteiger partial charge on any atom is -0.211 e. The van der Waals surface area contributed by atoms with Crippen LogP contribution in [0.1, 0.15) is 11.3 Å². The number of rotatable bonds is 6. The zero-order valence-corrected chi connectivity index (χ0v) is 16.9. The van der Waals surface area contributed by atoms with E-state index in [9.17, 15) is 17.2 Å². The Morgan fingerprint density at radius 1 is 1.17 bits per heavy atom. The lowest BCUT2D eigenvalue weighted by Gasteiger charge is -2.09. The van der Waals surface area contributed by atoms with Crippen molar-refractivity contribution in [1.82, 2.24) is 19.3 Å². The average Bonchev–Trinajstić information content (AvgIpc) is 3.23. The number of sulfonamides is 1. The first kappa shape index (κ1) is 19.6. The lowest BCUT2D eigenvalue weighted by atomic mass is 10.2. The van der Waals surface area contributed by atoms with Crippen molar-refractivity contribution in [2.75, 3.05) is 6.54 Å². The number of nitrogens with zero attached hydrogens (tertiary/aromatic N) is 3. The number of nitrogens with one attached hydrogen (secondary N) is 1. The molecule has 0 saturated heterocycles. The molecule has 10 heteroatoms. The Labute approximate surface area is 169 Å². The predicted octanol–water partition coefficient (Wildman–Crippen LogP) is 3.57. The molecule has 6 nitrogen and oxygen atoms in total. The molecule has 2 aromatic heterocycles. The minimum absolute atomic E-state index is 0.0389. The zero-order valence-electron chi connectivity index (χ0n) is 15.3. The summed E-state index contributed by atoms with van der Waals surface area (Å²) in [6, 6.07) is 9.79. The van der Waals surface area contributed by atoms with Crippen molar-refractivity contribution in [2.24, 2.45) is 0 Å². The third-order valence-corrected chi connectivity index (χ3v) is 6.85. The van der Waals surface area contributed by atoms with Crippen LogP contribution >= 0.6 is 11.3 Å². The maximum atomic E-state index is 14.0. The Kier molecular flexibility index (Phi) is 5.15. The number of benzene rings is 2. The molecule has 0 atom stereocenters. The van der Waals surface area contributed by atoms with Crippen LogP contribution in [0, 0.1) is 18.6 Å². The Morgan fingerprint density at radius 3 is 2.72 bits per heavy atom. The van der Waals surface area contributed by atoms with E-state index in [4.69, 9.17) is 0 Å². The molecule has 4 aromatic rings. The summed E-state index contributed by atoms with van der Waals surface area (Å²) in [6.45, 7) is 1.67. The van der Waals surface area contributed by atoms with E-state index in [1.807, 2.05) is 5.38 Å². The highest BCUT2D eigenvalue weighted by Gasteiger charge is 2.18. The molecule has 2 heterocycles. The average molecular weight is 434 g/mol. The number of halogens is 2. The molecule has 150 valence electrons. The second kappa shape index (κ2) is 7.62. The molecule has 0 radical (unpaired) electrons. The smallest absolute Gasteiger partial charge is 0.211 e. The lowest BCUT2D eigenvalue weighted by molar-refractivity contribution is 0.579. The van der Waals surface area contributed by atoms with Crippen LogP contribution in [-0.4, -0.2) is 29.6 Å². The van der Waals surface area contributed by atoms with Gasteiger partial charge in [0.2, 0.25) is 15.0 Å². The number of hydrogen-bond acceptors (Lipinski definition) is 5. The molecule has 2 aromatic carbocycles. The topological polar surface area (TPSA) is 76.4 Å². The Bertz CT molecular complexity index is 1300. The van der Waals surface area contributed by atoms with Crippen LogP contribution in [0.25, 0.3) is 16.3 Å². The summed E-state index contributed by atoms with van der Waals surface area (Å²) in [4.78, 5) is 4.98. The van der Waals surface area contributed by atoms with Crippen LogP contribution in [0.15, 0.2) is 52.7 Å². The normalized spacial score (nSPS) is 12.0. The van der Waals surface area contributed by atoms with Gasteiger partial charge in [-0.15, -0.1) is 16.4 Å². The molecule has 0 fully saturated rings. The van der Waals surface area contributed by atoms with Gasteiger partial charge >= 0.3 is 0 Å². The number of aromatic nitrogens is 3. The fourth-order valence-corrected chi connectivity index (χ4v) is 5.07. The highest BCUT2D eigenvalue weighted by molar-refractivity contribution is 7.89. The van der Waals surface area contributed by atoms with Crippen molar-refractivity contribution < 1.29 is 17.2 Å². The highest BCUT2D eigenvalue weighted by atomic mass is 32.2. The molecule has 0 amide bonds. The molecule has 0 bridgehead atoms. The fraction of sp³-hybridized carbons (Fsp3) is 0.158. The fourth-order valence-electron chi connectivity index (χ4n) is 2.96. The summed E-state index contributed by atoms with van der Waals surface area (Å²) in [7, 11) is -3.77. The second-order valence-corrected chi connectivity index (χ2v) is 8.97. The van der Waals surface area contributed by atoms with Gasteiger partial charge in [0.05, 0.1) is 16.2 Å². The number of aryl methyl sites for hydroxylation is 1. The van der Waals surface area contributed by atoms with Crippen molar-refractivity contribution in [1.29, 1.82) is 0 Å². The first-order chi connectivity index (χ1) is 13.8. The summed E-state index contributed by atoms with van der Waals surface area (Å²) in [5, 5.41) is 6.19. The molecule has 0 saturated carbocycles. The van der Waals surface area contributed by atoms with Crippen LogP contribution in [0.2, 0.25) is 0 Å². The van der Waals surface area contributed by atoms with Crippen LogP contribution in [0.3, 0.4) is 0 Å². The molecule has 0 aliphatic carbocycles. The van der Waals surface area contributed by atoms with Gasteiger partial charge in [-0.05, 0) is 42.8 Å². The molecule has 0 aliphatic rings. The van der Waals surface area contributed by atoms with Crippen molar-refractivity contribution in [3.63, 3.8) is 0 Å². The van der Waals surface area contributed by atoms with Crippen molar-refractivity contribution in [2.45, 2.75) is 18.2 Å². The monoisotopic (exact) mass is 434 g/mol. The minimum atomic E-state index is -3.77. The van der Waals surface area contributed by atoms with Crippen LogP contribution in [-0.2, 0) is 16.4 Å². The van der Waals surface area contributed by atoms with Crippen LogP contribution < -0.4 is 4.72 Å². The molecule has 0 unspecified atom stereocenters. The largest absolute Gasteiger partial charge is 0.240 e. The van der Waals surface area contributed by atoms with Gasteiger partial charge in [-0.2, -0.15) is 4.98 Å². The van der Waals surface area contributed by atoms with E-state index in [0.717, 1.165) is 11.8 Å². The van der Waals surface area contributed by atoms with E-state index < -0.39 is 21.7 Å². The van der Waals surface area contributed by atoms with E-state index in [0.29, 0.717) is 22.5 Å². The summed E-state index contributed by atoms with van der Waals surface area (Å²) < 4.78 is 56.3. The Morgan fingerprint density at radius 2 is 1.97 bits per heavy atom. The molecule has 4 rings (SSSR count). The molecular weight excluding hydrogens is 418 g/mol. The van der Waals surface area contributed by atoms with Gasteiger partial charge in [0.1, 0.15) is 11.6 Å². The summed E-state index contributed by atoms with van der Waals surface area (Å²) in [5.74, 6) is -0.618. The number of fused-ring (bicyclic) bond motifs is 1. The van der Waals surface area contributed by atoms with E-state index in [1.165, 1.54) is 29.5 Å². The maximum absolute atomic E-state index is 14.0. The van der Waals surface area contributed by atoms with Gasteiger partial charge in [-0.3, -0.25) is 0 Å². The molecule has 0 spiro atoms. The zero-order chi connectivity index (χ0) is 20.6. The van der Waals surface area contributed by atoms with Gasteiger partial charge in [0, 0.05) is 18.3 Å². The SMILES string of the molecule is Cc1cc(F)ccc1S(=O)(=O)NCCc1csc2nc(-c3ccccc3F)nn12. The van der Waals surface area contributed by atoms with E-state index >= 15 is 0 Å². The summed E-state index contributed by atoms with van der Waals surface area (Å²) >= 11 is 1.34. The summed E-state index contributed by atoms with van der Waals surface area (Å²) in [6.07, 6.45) is 0.361. The standard InChI is InChI=1S/C19H16F2N4O2S2/c1-12-10-13(20)6-7-17(12)29(26,27)22-9-8-14-11-28-19-23-18(24-25(14)19)15-4-2-3-5-16(15)21/h2-7,10-11,22H,8-9H2,1H3. The second-order valence-electron chi connectivity index (χ2n) is 6.39. The predicted molar refractivity (Wildman–Crippen MR) is 106 cm³/mol. The summed E-state index contributed by atoms with van der Waals surface area (Å²) in [5.41, 5.74) is 1.39. The van der Waals surface area contributed by atoms with E-state index in [2.05, 4.69) is 14.8 Å². The van der Waals surface area contributed by atoms with E-state index in [-0.39, 0.29) is 17.3 Å². The lowest BCUT2D eigenvalue weighted by Crippen LogP contribution is -2.27. The van der Waals surface area contributed by atoms with Crippen molar-refractivity contribution in [3.05, 3.63) is 70.7 Å². The molecule has 1 N–H and O–H groups in total. The van der Waals surface area contributed by atoms with Gasteiger partial charge in [-0.1, -0.05) is 12.1 Å². The quantitative estimate of drug-likeness (QED) is 0.503.